The van der Waals surface area contributed by atoms with E-state index in [4.69, 9.17) is 10.7 Å². The van der Waals surface area contributed by atoms with Crippen molar-refractivity contribution in [3.63, 3.8) is 0 Å². The number of nitrogens with zero attached hydrogens (tertiary/aromatic N) is 5. The van der Waals surface area contributed by atoms with Gasteiger partial charge in [0.25, 0.3) is 5.91 Å². The van der Waals surface area contributed by atoms with Crippen LogP contribution in [0.5, 0.6) is 0 Å². The highest BCUT2D eigenvalue weighted by Gasteiger charge is 2.27. The molecule has 1 aliphatic heterocycles. The van der Waals surface area contributed by atoms with Gasteiger partial charge in [0.1, 0.15) is 17.0 Å². The molecule has 4 heterocycles. The maximum Gasteiger partial charge on any atom is 0.319 e. The molecule has 4 aromatic rings. The van der Waals surface area contributed by atoms with Gasteiger partial charge in [-0.2, -0.15) is 0 Å². The molecule has 3 amide bonds. The summed E-state index contributed by atoms with van der Waals surface area (Å²) in [4.78, 5) is 51.7. The fraction of sp³-hybridized carbons (Fsp3) is 0.276. The van der Waals surface area contributed by atoms with Gasteiger partial charge in [-0.3, -0.25) is 14.6 Å². The van der Waals surface area contributed by atoms with Gasteiger partial charge in [0.2, 0.25) is 5.43 Å². The van der Waals surface area contributed by atoms with E-state index < -0.39 is 5.43 Å². The number of carbonyl (C=O) groups excluding carboxylic acids is 2. The zero-order valence-electron chi connectivity index (χ0n) is 22.6. The Kier molecular flexibility index (Phi) is 7.74. The number of hydrogen-bond donors (Lipinski definition) is 3. The molecule has 5 rings (SSSR count). The summed E-state index contributed by atoms with van der Waals surface area (Å²) < 4.78 is 1.71. The molecule has 0 saturated carbocycles. The summed E-state index contributed by atoms with van der Waals surface area (Å²) in [5.74, 6) is -0.207. The normalized spacial score (nSPS) is 13.8. The van der Waals surface area contributed by atoms with Gasteiger partial charge in [-0.25, -0.2) is 9.78 Å². The van der Waals surface area contributed by atoms with Gasteiger partial charge in [0.05, 0.1) is 11.1 Å². The van der Waals surface area contributed by atoms with E-state index in [1.54, 1.807) is 46.1 Å². The molecule has 3 aromatic heterocycles. The Morgan fingerprint density at radius 3 is 2.45 bits per heavy atom. The molecule has 11 nitrogen and oxygen atoms in total. The predicted molar refractivity (Wildman–Crippen MR) is 155 cm³/mol. The van der Waals surface area contributed by atoms with E-state index in [9.17, 15) is 14.4 Å². The van der Waals surface area contributed by atoms with Crippen molar-refractivity contribution in [2.45, 2.75) is 20.0 Å². The highest BCUT2D eigenvalue weighted by molar-refractivity contribution is 6.02. The molecule has 0 aliphatic carbocycles. The first-order valence-corrected chi connectivity index (χ1v) is 13.2. The number of nitrogens with one attached hydrogen (secondary N) is 2. The van der Waals surface area contributed by atoms with Crippen LogP contribution in [0.25, 0.3) is 22.3 Å². The monoisotopic (exact) mass is 540 g/mol. The van der Waals surface area contributed by atoms with E-state index in [1.807, 2.05) is 38.2 Å². The van der Waals surface area contributed by atoms with E-state index in [0.29, 0.717) is 48.6 Å². The van der Waals surface area contributed by atoms with Crippen LogP contribution in [0.3, 0.4) is 0 Å². The SMILES string of the molecule is CCn1c(N)c(C(=O)N2CCN(C)CC2)c(=O)c2ccc(-c3ccc(NC(=O)NCc4cccnc4)cc3)nc21. The zero-order valence-corrected chi connectivity index (χ0v) is 22.6. The topological polar surface area (TPSA) is 138 Å². The van der Waals surface area contributed by atoms with Crippen LogP contribution in [0.15, 0.2) is 65.7 Å². The number of likely N-dealkylation sites (N-methyl/N-ethyl adjacent to an activating group) is 1. The number of rotatable bonds is 6. The number of aryl methyl sites for hydroxylation is 1. The molecule has 0 unspecified atom stereocenters. The molecule has 206 valence electrons. The second-order valence-electron chi connectivity index (χ2n) is 9.74. The predicted octanol–water partition coefficient (Wildman–Crippen LogP) is 2.77. The largest absolute Gasteiger partial charge is 0.384 e. The number of nitrogen functional groups attached to an aromatic ring is 1. The van der Waals surface area contributed by atoms with Crippen molar-refractivity contribution in [3.8, 4) is 11.3 Å². The van der Waals surface area contributed by atoms with Crippen molar-refractivity contribution < 1.29 is 9.59 Å². The number of urea groups is 1. The lowest BCUT2D eigenvalue weighted by atomic mass is 10.1. The van der Waals surface area contributed by atoms with Crippen molar-refractivity contribution in [1.82, 2.24) is 29.7 Å². The summed E-state index contributed by atoms with van der Waals surface area (Å²) in [5, 5.41) is 5.95. The van der Waals surface area contributed by atoms with Gasteiger partial charge in [0.15, 0.2) is 0 Å². The fourth-order valence-electron chi connectivity index (χ4n) is 4.77. The molecule has 1 saturated heterocycles. The standard InChI is InChI=1S/C29H32N8O3/c1-3-37-26(30)24(28(39)36-15-13-35(2)14-16-36)25(38)22-10-11-23(34-27(22)37)20-6-8-21(9-7-20)33-29(40)32-18-19-5-4-12-31-17-19/h4-12,17H,3,13-16,18,30H2,1-2H3,(H2,32,33,40). The average molecular weight is 541 g/mol. The molecule has 40 heavy (non-hydrogen) atoms. The minimum Gasteiger partial charge on any atom is -0.384 e. The average Bonchev–Trinajstić information content (AvgIpc) is 2.97. The van der Waals surface area contributed by atoms with Crippen LogP contribution in [0, 0.1) is 0 Å². The minimum atomic E-state index is -0.406. The van der Waals surface area contributed by atoms with E-state index in [0.717, 1.165) is 24.2 Å². The van der Waals surface area contributed by atoms with E-state index in [-0.39, 0.29) is 23.3 Å². The summed E-state index contributed by atoms with van der Waals surface area (Å²) >= 11 is 0. The summed E-state index contributed by atoms with van der Waals surface area (Å²) in [6.45, 7) is 5.30. The van der Waals surface area contributed by atoms with Gasteiger partial charge in [-0.05, 0) is 49.9 Å². The first-order valence-electron chi connectivity index (χ1n) is 13.2. The molecular weight excluding hydrogens is 508 g/mol. The third-order valence-electron chi connectivity index (χ3n) is 7.08. The number of benzene rings is 1. The number of piperazine rings is 1. The summed E-state index contributed by atoms with van der Waals surface area (Å²) in [7, 11) is 2.01. The first kappa shape index (κ1) is 26.8. The number of hydrogen-bond acceptors (Lipinski definition) is 7. The molecule has 0 radical (unpaired) electrons. The van der Waals surface area contributed by atoms with Crippen molar-refractivity contribution in [1.29, 1.82) is 0 Å². The lowest BCUT2D eigenvalue weighted by molar-refractivity contribution is 0.0663. The quantitative estimate of drug-likeness (QED) is 0.342. The van der Waals surface area contributed by atoms with Crippen LogP contribution in [-0.4, -0.2) is 69.5 Å². The number of nitrogens with two attached hydrogens (primary N) is 1. The summed E-state index contributed by atoms with van der Waals surface area (Å²) in [6.07, 6.45) is 3.38. The second kappa shape index (κ2) is 11.5. The van der Waals surface area contributed by atoms with Crippen molar-refractivity contribution in [3.05, 3.63) is 82.3 Å². The van der Waals surface area contributed by atoms with Gasteiger partial charge in [-0.15, -0.1) is 0 Å². The van der Waals surface area contributed by atoms with Crippen molar-refractivity contribution >= 4 is 34.5 Å². The number of anilines is 2. The van der Waals surface area contributed by atoms with Crippen molar-refractivity contribution in [2.75, 3.05) is 44.3 Å². The van der Waals surface area contributed by atoms with E-state index >= 15 is 0 Å². The van der Waals surface area contributed by atoms with Gasteiger partial charge >= 0.3 is 6.03 Å². The number of aromatic nitrogens is 3. The Bertz CT molecular complexity index is 1590. The third kappa shape index (κ3) is 5.50. The molecule has 11 heteroatoms. The Labute approximate surface area is 231 Å². The Hall–Kier alpha value is -4.77. The molecule has 4 N–H and O–H groups in total. The van der Waals surface area contributed by atoms with Gasteiger partial charge < -0.3 is 30.7 Å². The molecule has 0 spiro atoms. The maximum absolute atomic E-state index is 13.5. The molecule has 1 aliphatic rings. The third-order valence-corrected chi connectivity index (χ3v) is 7.08. The van der Waals surface area contributed by atoms with Gasteiger partial charge in [-0.1, -0.05) is 18.2 Å². The molecule has 1 fully saturated rings. The van der Waals surface area contributed by atoms with E-state index in [1.165, 1.54) is 0 Å². The van der Waals surface area contributed by atoms with Crippen LogP contribution in [-0.2, 0) is 13.1 Å². The lowest BCUT2D eigenvalue weighted by Crippen LogP contribution is -2.48. The summed E-state index contributed by atoms with van der Waals surface area (Å²) in [5.41, 5.74) is 9.41. The van der Waals surface area contributed by atoms with Crippen LogP contribution in [0.2, 0.25) is 0 Å². The van der Waals surface area contributed by atoms with Crippen LogP contribution in [0.4, 0.5) is 16.3 Å². The highest BCUT2D eigenvalue weighted by atomic mass is 16.2. The van der Waals surface area contributed by atoms with Crippen LogP contribution >= 0.6 is 0 Å². The number of amides is 3. The van der Waals surface area contributed by atoms with E-state index in [2.05, 4.69) is 20.5 Å². The van der Waals surface area contributed by atoms with Crippen LogP contribution in [0.1, 0.15) is 22.8 Å². The Morgan fingerprint density at radius 2 is 1.77 bits per heavy atom. The first-order chi connectivity index (χ1) is 19.4. The molecule has 0 atom stereocenters. The Morgan fingerprint density at radius 1 is 1.02 bits per heavy atom. The maximum atomic E-state index is 13.5. The second-order valence-corrected chi connectivity index (χ2v) is 9.74. The number of fused-ring (bicyclic) bond motifs is 1. The fourth-order valence-corrected chi connectivity index (χ4v) is 4.77. The molecular formula is C29H32N8O3. The number of carbonyl (C=O) groups is 2. The van der Waals surface area contributed by atoms with Crippen molar-refractivity contribution in [2.24, 2.45) is 0 Å². The minimum absolute atomic E-state index is 0.00526. The van der Waals surface area contributed by atoms with Crippen LogP contribution < -0.4 is 21.8 Å². The van der Waals surface area contributed by atoms with Gasteiger partial charge in [0, 0.05) is 62.9 Å². The Balaban J connectivity index is 1.37. The lowest BCUT2D eigenvalue weighted by Gasteiger charge is -2.32. The molecule has 1 aromatic carbocycles. The summed E-state index contributed by atoms with van der Waals surface area (Å²) in [6, 6.07) is 14.1. The zero-order chi connectivity index (χ0) is 28.2. The smallest absolute Gasteiger partial charge is 0.319 e. The number of pyridine rings is 3. The molecule has 0 bridgehead atoms. The highest BCUT2D eigenvalue weighted by Crippen LogP contribution is 2.25.